The fourth-order valence-corrected chi connectivity index (χ4v) is 3.08. The van der Waals surface area contributed by atoms with E-state index in [-0.39, 0.29) is 12.0 Å². The van der Waals surface area contributed by atoms with Gasteiger partial charge < -0.3 is 19.3 Å². The molecule has 7 heteroatoms. The molecular formula is C19H19N3O4. The fourth-order valence-electron chi connectivity index (χ4n) is 3.08. The number of fused-ring (bicyclic) bond motifs is 2. The van der Waals surface area contributed by atoms with Crippen LogP contribution in [0.15, 0.2) is 28.9 Å². The predicted molar refractivity (Wildman–Crippen MR) is 95.9 cm³/mol. The van der Waals surface area contributed by atoms with Gasteiger partial charge in [-0.15, -0.1) is 0 Å². The standard InChI is InChI=1S/C19H19N3O4/c1-4-24-17-7-12-5-10(2)25-16(12)8-15(17)21-18(23)13-6-14-11(3)22-26-19(14)20-9-13/h6-10H,4-5H2,1-3H3,(H,21,23)/t10-/m0/s1. The van der Waals surface area contributed by atoms with Gasteiger partial charge in [0.05, 0.1) is 28.9 Å². The molecule has 0 fully saturated rings. The van der Waals surface area contributed by atoms with Gasteiger partial charge in [0.15, 0.2) is 0 Å². The number of nitrogens with zero attached hydrogens (tertiary/aromatic N) is 2. The van der Waals surface area contributed by atoms with Crippen LogP contribution in [0.3, 0.4) is 0 Å². The van der Waals surface area contributed by atoms with Crippen LogP contribution in [0, 0.1) is 6.92 Å². The summed E-state index contributed by atoms with van der Waals surface area (Å²) in [6.07, 6.45) is 2.42. The molecule has 0 radical (unpaired) electrons. The number of hydrogen-bond acceptors (Lipinski definition) is 6. The number of benzene rings is 1. The molecule has 1 aliphatic heterocycles. The molecule has 2 aromatic heterocycles. The quantitative estimate of drug-likeness (QED) is 0.772. The SMILES string of the molecule is CCOc1cc2c(cc1NC(=O)c1cnc3onc(C)c3c1)O[C@@H](C)C2. The van der Waals surface area contributed by atoms with Crippen LogP contribution in [0.4, 0.5) is 5.69 Å². The van der Waals surface area contributed by atoms with Gasteiger partial charge in [-0.2, -0.15) is 0 Å². The van der Waals surface area contributed by atoms with Crippen LogP contribution < -0.4 is 14.8 Å². The summed E-state index contributed by atoms with van der Waals surface area (Å²) in [5.41, 5.74) is 3.18. The monoisotopic (exact) mass is 353 g/mol. The summed E-state index contributed by atoms with van der Waals surface area (Å²) < 4.78 is 16.6. The molecule has 4 rings (SSSR count). The minimum atomic E-state index is -0.285. The molecule has 0 saturated heterocycles. The molecule has 0 unspecified atom stereocenters. The van der Waals surface area contributed by atoms with Crippen molar-refractivity contribution in [2.75, 3.05) is 11.9 Å². The lowest BCUT2D eigenvalue weighted by Crippen LogP contribution is -2.13. The third-order valence-corrected chi connectivity index (χ3v) is 4.32. The van der Waals surface area contributed by atoms with E-state index in [1.165, 1.54) is 6.20 Å². The first-order valence-corrected chi connectivity index (χ1v) is 8.55. The van der Waals surface area contributed by atoms with Gasteiger partial charge in [-0.25, -0.2) is 4.98 Å². The number of aromatic nitrogens is 2. The molecule has 0 bridgehead atoms. The van der Waals surface area contributed by atoms with Gasteiger partial charge >= 0.3 is 0 Å². The summed E-state index contributed by atoms with van der Waals surface area (Å²) in [5.74, 6) is 1.12. The molecule has 134 valence electrons. The van der Waals surface area contributed by atoms with Crippen molar-refractivity contribution in [2.24, 2.45) is 0 Å². The Bertz CT molecular complexity index is 996. The lowest BCUT2D eigenvalue weighted by Gasteiger charge is -2.13. The van der Waals surface area contributed by atoms with E-state index < -0.39 is 0 Å². The Kier molecular flexibility index (Phi) is 3.99. The molecule has 26 heavy (non-hydrogen) atoms. The second-order valence-electron chi connectivity index (χ2n) is 6.32. The number of amides is 1. The Balaban J connectivity index is 1.65. The van der Waals surface area contributed by atoms with E-state index in [1.54, 1.807) is 13.0 Å². The zero-order valence-electron chi connectivity index (χ0n) is 14.8. The lowest BCUT2D eigenvalue weighted by molar-refractivity contribution is 0.102. The number of anilines is 1. The summed E-state index contributed by atoms with van der Waals surface area (Å²) in [7, 11) is 0. The van der Waals surface area contributed by atoms with Crippen molar-refractivity contribution >= 4 is 22.7 Å². The van der Waals surface area contributed by atoms with Crippen LogP contribution in [0.25, 0.3) is 11.1 Å². The summed E-state index contributed by atoms with van der Waals surface area (Å²) in [6.45, 7) is 6.23. The molecule has 0 aliphatic carbocycles. The first-order chi connectivity index (χ1) is 12.5. The number of rotatable bonds is 4. The molecule has 0 spiro atoms. The molecule has 7 nitrogen and oxygen atoms in total. The highest BCUT2D eigenvalue weighted by Gasteiger charge is 2.23. The average molecular weight is 353 g/mol. The summed E-state index contributed by atoms with van der Waals surface area (Å²) in [4.78, 5) is 16.9. The Hall–Kier alpha value is -3.09. The third kappa shape index (κ3) is 2.85. The first-order valence-electron chi connectivity index (χ1n) is 8.55. The molecule has 1 amide bonds. The van der Waals surface area contributed by atoms with Crippen molar-refractivity contribution in [3.63, 3.8) is 0 Å². The van der Waals surface area contributed by atoms with E-state index >= 15 is 0 Å². The van der Waals surface area contributed by atoms with Crippen molar-refractivity contribution in [1.82, 2.24) is 10.1 Å². The van der Waals surface area contributed by atoms with Crippen LogP contribution in [0.1, 0.15) is 35.5 Å². The van der Waals surface area contributed by atoms with Crippen molar-refractivity contribution < 1.29 is 18.8 Å². The Morgan fingerprint density at radius 1 is 1.38 bits per heavy atom. The van der Waals surface area contributed by atoms with Gasteiger partial charge in [-0.1, -0.05) is 5.16 Å². The maximum atomic E-state index is 12.7. The van der Waals surface area contributed by atoms with Crippen LogP contribution in [-0.4, -0.2) is 28.8 Å². The number of carbonyl (C=O) groups is 1. The highest BCUT2D eigenvalue weighted by atomic mass is 16.5. The smallest absolute Gasteiger partial charge is 0.257 e. The average Bonchev–Trinajstić information content (AvgIpc) is 3.16. The Morgan fingerprint density at radius 2 is 2.23 bits per heavy atom. The molecular weight excluding hydrogens is 334 g/mol. The zero-order chi connectivity index (χ0) is 18.3. The maximum absolute atomic E-state index is 12.7. The van der Waals surface area contributed by atoms with E-state index in [9.17, 15) is 4.79 Å². The molecule has 0 saturated carbocycles. The molecule has 1 N–H and O–H groups in total. The summed E-state index contributed by atoms with van der Waals surface area (Å²) in [6, 6.07) is 5.47. The van der Waals surface area contributed by atoms with Crippen LogP contribution in [0.2, 0.25) is 0 Å². The number of hydrogen-bond donors (Lipinski definition) is 1. The van der Waals surface area contributed by atoms with Crippen molar-refractivity contribution in [2.45, 2.75) is 33.3 Å². The fraction of sp³-hybridized carbons (Fsp3) is 0.316. The van der Waals surface area contributed by atoms with Crippen molar-refractivity contribution in [3.05, 3.63) is 41.2 Å². The number of ether oxygens (including phenoxy) is 2. The van der Waals surface area contributed by atoms with Crippen molar-refractivity contribution in [1.29, 1.82) is 0 Å². The van der Waals surface area contributed by atoms with Gasteiger partial charge in [-0.05, 0) is 32.9 Å². The molecule has 1 aliphatic rings. The number of pyridine rings is 1. The van der Waals surface area contributed by atoms with Gasteiger partial charge in [0.1, 0.15) is 17.6 Å². The van der Waals surface area contributed by atoms with Gasteiger partial charge in [0.2, 0.25) is 0 Å². The Morgan fingerprint density at radius 3 is 3.04 bits per heavy atom. The molecule has 3 heterocycles. The lowest BCUT2D eigenvalue weighted by atomic mass is 10.1. The van der Waals surface area contributed by atoms with Crippen LogP contribution in [0.5, 0.6) is 11.5 Å². The highest BCUT2D eigenvalue weighted by Crippen LogP contribution is 2.38. The molecule has 1 aromatic carbocycles. The van der Waals surface area contributed by atoms with E-state index in [4.69, 9.17) is 14.0 Å². The molecule has 3 aromatic rings. The number of carbonyl (C=O) groups excluding carboxylic acids is 1. The van der Waals surface area contributed by atoms with Crippen LogP contribution in [-0.2, 0) is 6.42 Å². The summed E-state index contributed by atoms with van der Waals surface area (Å²) >= 11 is 0. The largest absolute Gasteiger partial charge is 0.492 e. The van der Waals surface area contributed by atoms with Gasteiger partial charge in [0.25, 0.3) is 11.6 Å². The van der Waals surface area contributed by atoms with Gasteiger partial charge in [-0.3, -0.25) is 4.79 Å². The van der Waals surface area contributed by atoms with Crippen LogP contribution >= 0.6 is 0 Å². The first kappa shape index (κ1) is 16.4. The van der Waals surface area contributed by atoms with Crippen molar-refractivity contribution in [3.8, 4) is 11.5 Å². The second-order valence-corrected chi connectivity index (χ2v) is 6.32. The minimum absolute atomic E-state index is 0.119. The molecule has 1 atom stereocenters. The van der Waals surface area contributed by atoms with E-state index in [0.29, 0.717) is 40.4 Å². The maximum Gasteiger partial charge on any atom is 0.257 e. The predicted octanol–water partition coefficient (Wildman–Crippen LogP) is 3.51. The summed E-state index contributed by atoms with van der Waals surface area (Å²) in [5, 5.41) is 7.47. The Labute approximate surface area is 150 Å². The second kappa shape index (κ2) is 6.33. The number of nitrogens with one attached hydrogen (secondary N) is 1. The normalized spacial score (nSPS) is 15.6. The number of aryl methyl sites for hydroxylation is 1. The van der Waals surface area contributed by atoms with E-state index in [2.05, 4.69) is 15.5 Å². The van der Waals surface area contributed by atoms with E-state index in [0.717, 1.165) is 17.7 Å². The van der Waals surface area contributed by atoms with Gasteiger partial charge in [0, 0.05) is 24.2 Å². The third-order valence-electron chi connectivity index (χ3n) is 4.32. The highest BCUT2D eigenvalue weighted by molar-refractivity contribution is 6.06. The van der Waals surface area contributed by atoms with E-state index in [1.807, 2.05) is 26.0 Å². The minimum Gasteiger partial charge on any atom is -0.492 e. The zero-order valence-corrected chi connectivity index (χ0v) is 14.8. The topological polar surface area (TPSA) is 86.5 Å².